The van der Waals surface area contributed by atoms with Crippen molar-refractivity contribution < 1.29 is 4.79 Å². The van der Waals surface area contributed by atoms with Gasteiger partial charge in [-0.05, 0) is 43.9 Å². The molecule has 1 saturated heterocycles. The minimum absolute atomic E-state index is 0.00992. The molecule has 1 aliphatic rings. The molecular formula is C19H25N5O. The minimum atomic E-state index is -0.00992. The molecule has 0 aromatic carbocycles. The lowest BCUT2D eigenvalue weighted by atomic mass is 9.97. The van der Waals surface area contributed by atoms with Crippen LogP contribution in [0.15, 0.2) is 37.4 Å². The molecular weight excluding hydrogens is 314 g/mol. The van der Waals surface area contributed by atoms with Crippen LogP contribution in [0.3, 0.4) is 0 Å². The maximum atomic E-state index is 12.3. The van der Waals surface area contributed by atoms with Crippen molar-refractivity contribution in [3.8, 4) is 0 Å². The Labute approximate surface area is 148 Å². The Morgan fingerprint density at radius 3 is 3.12 bits per heavy atom. The molecule has 0 saturated carbocycles. The third kappa shape index (κ3) is 4.54. The van der Waals surface area contributed by atoms with Gasteiger partial charge in [-0.2, -0.15) is 5.10 Å². The van der Waals surface area contributed by atoms with Gasteiger partial charge in [-0.15, -0.1) is 0 Å². The van der Waals surface area contributed by atoms with Crippen LogP contribution in [0.1, 0.15) is 34.3 Å². The number of carbonyl (C=O) groups excluding carboxylic acids is 1. The van der Waals surface area contributed by atoms with E-state index in [1.54, 1.807) is 29.3 Å². The normalized spacial score (nSPS) is 18.0. The smallest absolute Gasteiger partial charge is 0.251 e. The molecule has 6 nitrogen and oxygen atoms in total. The van der Waals surface area contributed by atoms with Gasteiger partial charge in [-0.1, -0.05) is 6.58 Å². The van der Waals surface area contributed by atoms with E-state index in [-0.39, 0.29) is 5.91 Å². The fraction of sp³-hybridized carbons (Fsp3) is 0.421. The van der Waals surface area contributed by atoms with Crippen LogP contribution in [-0.2, 0) is 6.54 Å². The molecule has 3 rings (SSSR count). The van der Waals surface area contributed by atoms with Gasteiger partial charge in [0.1, 0.15) is 0 Å². The second-order valence-electron chi connectivity index (χ2n) is 6.66. The van der Waals surface area contributed by atoms with Gasteiger partial charge in [0.15, 0.2) is 0 Å². The van der Waals surface area contributed by atoms with Crippen molar-refractivity contribution in [1.82, 2.24) is 25.0 Å². The van der Waals surface area contributed by atoms with Gasteiger partial charge in [0.05, 0.1) is 6.20 Å². The maximum absolute atomic E-state index is 12.3. The Morgan fingerprint density at radius 1 is 1.48 bits per heavy atom. The molecule has 2 aromatic rings. The van der Waals surface area contributed by atoms with E-state index in [2.05, 4.69) is 26.9 Å². The van der Waals surface area contributed by atoms with Gasteiger partial charge in [-0.3, -0.25) is 14.7 Å². The molecule has 0 radical (unpaired) electrons. The minimum Gasteiger partial charge on any atom is -0.352 e. The zero-order chi connectivity index (χ0) is 17.6. The number of aromatic nitrogens is 3. The van der Waals surface area contributed by atoms with E-state index in [0.29, 0.717) is 18.0 Å². The van der Waals surface area contributed by atoms with E-state index in [1.807, 2.05) is 19.3 Å². The van der Waals surface area contributed by atoms with Crippen LogP contribution in [0.2, 0.25) is 0 Å². The van der Waals surface area contributed by atoms with Crippen LogP contribution >= 0.6 is 0 Å². The highest BCUT2D eigenvalue weighted by Crippen LogP contribution is 2.18. The third-order valence-corrected chi connectivity index (χ3v) is 4.67. The van der Waals surface area contributed by atoms with Crippen LogP contribution in [0.5, 0.6) is 0 Å². The molecule has 132 valence electrons. The van der Waals surface area contributed by atoms with Crippen LogP contribution in [-0.4, -0.2) is 45.2 Å². The SMILES string of the molecule is C=Cn1cc(CN2CCC[C@H](CNC(=O)c3ccncc3C)C2)cn1. The number of aryl methyl sites for hydroxylation is 1. The lowest BCUT2D eigenvalue weighted by molar-refractivity contribution is 0.0930. The van der Waals surface area contributed by atoms with Crippen molar-refractivity contribution in [3.05, 3.63) is 54.1 Å². The van der Waals surface area contributed by atoms with Gasteiger partial charge in [0.25, 0.3) is 5.91 Å². The fourth-order valence-corrected chi connectivity index (χ4v) is 3.34. The number of piperidine rings is 1. The molecule has 25 heavy (non-hydrogen) atoms. The van der Waals surface area contributed by atoms with E-state index in [4.69, 9.17) is 0 Å². The quantitative estimate of drug-likeness (QED) is 0.877. The average molecular weight is 339 g/mol. The van der Waals surface area contributed by atoms with Crippen molar-refractivity contribution in [2.24, 2.45) is 5.92 Å². The largest absolute Gasteiger partial charge is 0.352 e. The van der Waals surface area contributed by atoms with Gasteiger partial charge in [0, 0.05) is 55.6 Å². The number of carbonyl (C=O) groups is 1. The number of likely N-dealkylation sites (tertiary alicyclic amines) is 1. The molecule has 2 aromatic heterocycles. The van der Waals surface area contributed by atoms with E-state index in [0.717, 1.165) is 38.0 Å². The summed E-state index contributed by atoms with van der Waals surface area (Å²) >= 11 is 0. The summed E-state index contributed by atoms with van der Waals surface area (Å²) in [5.74, 6) is 0.471. The van der Waals surface area contributed by atoms with Crippen molar-refractivity contribution >= 4 is 12.1 Å². The van der Waals surface area contributed by atoms with E-state index < -0.39 is 0 Å². The topological polar surface area (TPSA) is 63.0 Å². The zero-order valence-corrected chi connectivity index (χ0v) is 14.7. The molecule has 1 atom stereocenters. The summed E-state index contributed by atoms with van der Waals surface area (Å²) in [4.78, 5) is 18.8. The van der Waals surface area contributed by atoms with Crippen LogP contribution in [0.25, 0.3) is 6.20 Å². The molecule has 1 amide bonds. The van der Waals surface area contributed by atoms with E-state index in [1.165, 1.54) is 5.56 Å². The van der Waals surface area contributed by atoms with Gasteiger partial charge >= 0.3 is 0 Å². The highest BCUT2D eigenvalue weighted by Gasteiger charge is 2.21. The standard InChI is InChI=1S/C19H25N5O/c1-3-24-14-17(11-22-24)13-23-8-4-5-16(12-23)10-21-19(25)18-6-7-20-9-15(18)2/h3,6-7,9,11,14,16H,1,4-5,8,10,12-13H2,2H3,(H,21,25)/t16-/m1/s1. The van der Waals surface area contributed by atoms with E-state index >= 15 is 0 Å². The second-order valence-corrected chi connectivity index (χ2v) is 6.66. The van der Waals surface area contributed by atoms with Gasteiger partial charge < -0.3 is 5.32 Å². The first-order chi connectivity index (χ1) is 12.2. The van der Waals surface area contributed by atoms with Crippen molar-refractivity contribution in [3.63, 3.8) is 0 Å². The Hall–Kier alpha value is -2.47. The molecule has 1 aliphatic heterocycles. The van der Waals surface area contributed by atoms with Crippen molar-refractivity contribution in [2.75, 3.05) is 19.6 Å². The number of rotatable bonds is 6. The number of pyridine rings is 1. The maximum Gasteiger partial charge on any atom is 0.251 e. The fourth-order valence-electron chi connectivity index (χ4n) is 3.34. The first-order valence-electron chi connectivity index (χ1n) is 8.72. The molecule has 0 unspecified atom stereocenters. The van der Waals surface area contributed by atoms with Crippen molar-refractivity contribution in [1.29, 1.82) is 0 Å². The summed E-state index contributed by atoms with van der Waals surface area (Å²) in [5, 5.41) is 7.31. The summed E-state index contributed by atoms with van der Waals surface area (Å²) in [6.45, 7) is 9.32. The van der Waals surface area contributed by atoms with Crippen LogP contribution < -0.4 is 5.32 Å². The van der Waals surface area contributed by atoms with Crippen LogP contribution in [0, 0.1) is 12.8 Å². The molecule has 0 bridgehead atoms. The Balaban J connectivity index is 1.50. The average Bonchev–Trinajstić information content (AvgIpc) is 3.08. The summed E-state index contributed by atoms with van der Waals surface area (Å²) in [7, 11) is 0. The third-order valence-electron chi connectivity index (χ3n) is 4.67. The Morgan fingerprint density at radius 2 is 2.36 bits per heavy atom. The summed E-state index contributed by atoms with van der Waals surface area (Å²) in [5.41, 5.74) is 2.81. The monoisotopic (exact) mass is 339 g/mol. The number of hydrogen-bond acceptors (Lipinski definition) is 4. The summed E-state index contributed by atoms with van der Waals surface area (Å²) in [6.07, 6.45) is 11.3. The van der Waals surface area contributed by atoms with Gasteiger partial charge in [-0.25, -0.2) is 4.68 Å². The summed E-state index contributed by atoms with van der Waals surface area (Å²) in [6, 6.07) is 1.77. The number of nitrogens with one attached hydrogen (secondary N) is 1. The number of hydrogen-bond donors (Lipinski definition) is 1. The van der Waals surface area contributed by atoms with Gasteiger partial charge in [0.2, 0.25) is 0 Å². The predicted octanol–water partition coefficient (Wildman–Crippen LogP) is 2.33. The molecule has 6 heteroatoms. The lowest BCUT2D eigenvalue weighted by Crippen LogP contribution is -2.40. The summed E-state index contributed by atoms with van der Waals surface area (Å²) < 4.78 is 1.73. The zero-order valence-electron chi connectivity index (χ0n) is 14.7. The molecule has 0 aliphatic carbocycles. The Kier molecular flexibility index (Phi) is 5.60. The predicted molar refractivity (Wildman–Crippen MR) is 97.9 cm³/mol. The lowest BCUT2D eigenvalue weighted by Gasteiger charge is -2.32. The highest BCUT2D eigenvalue weighted by atomic mass is 16.1. The van der Waals surface area contributed by atoms with Crippen LogP contribution in [0.4, 0.5) is 0 Å². The highest BCUT2D eigenvalue weighted by molar-refractivity contribution is 5.95. The second kappa shape index (κ2) is 8.07. The van der Waals surface area contributed by atoms with E-state index in [9.17, 15) is 4.79 Å². The molecule has 0 spiro atoms. The molecule has 1 N–H and O–H groups in total. The van der Waals surface area contributed by atoms with Crippen molar-refractivity contribution in [2.45, 2.75) is 26.3 Å². The number of nitrogens with zero attached hydrogens (tertiary/aromatic N) is 4. The first kappa shape index (κ1) is 17.4. The molecule has 1 fully saturated rings. The Bertz CT molecular complexity index is 739. The number of amides is 1. The molecule has 3 heterocycles. The first-order valence-corrected chi connectivity index (χ1v) is 8.72.